The Labute approximate surface area is 273 Å². The Morgan fingerprint density at radius 2 is 1.57 bits per heavy atom. The van der Waals surface area contributed by atoms with E-state index in [1.54, 1.807) is 84.0 Å². The van der Waals surface area contributed by atoms with Gasteiger partial charge in [-0.1, -0.05) is 30.2 Å². The van der Waals surface area contributed by atoms with Crippen LogP contribution in [0.5, 0.6) is 5.75 Å². The number of hydrogen-bond acceptors (Lipinski definition) is 10. The second-order valence-corrected chi connectivity index (χ2v) is 14.3. The van der Waals surface area contributed by atoms with Crippen LogP contribution in [0.25, 0.3) is 21.9 Å². The third kappa shape index (κ3) is 8.07. The minimum absolute atomic E-state index is 0.0351. The van der Waals surface area contributed by atoms with E-state index in [0.717, 1.165) is 17.5 Å². The fraction of sp³-hybridized carbons (Fsp3) is 0.500. The molecule has 4 aromatic rings. The molecule has 1 aliphatic carbocycles. The Balaban J connectivity index is 1.48. The normalized spacial score (nSPS) is 14.4. The van der Waals surface area contributed by atoms with Gasteiger partial charge in [0, 0.05) is 18.4 Å². The molecule has 0 radical (unpaired) electrons. The number of esters is 2. The zero-order chi connectivity index (χ0) is 34.0. The quantitative estimate of drug-likeness (QED) is 0.102. The van der Waals surface area contributed by atoms with Crippen molar-refractivity contribution in [3.05, 3.63) is 64.6 Å². The maximum Gasteiger partial charge on any atom is 0.324 e. The van der Waals surface area contributed by atoms with Crippen LogP contribution in [0.15, 0.2) is 57.7 Å². The molecule has 2 heterocycles. The number of furan rings is 1. The van der Waals surface area contributed by atoms with Gasteiger partial charge >= 0.3 is 11.9 Å². The first kappa shape index (κ1) is 33.8. The predicted octanol–water partition coefficient (Wildman–Crippen LogP) is 6.44. The third-order valence-corrected chi connectivity index (χ3v) is 8.14. The molecule has 250 valence electrons. The number of benzene rings is 2. The van der Waals surface area contributed by atoms with Crippen LogP contribution in [0.1, 0.15) is 90.6 Å². The molecule has 2 aromatic heterocycles. The Morgan fingerprint density at radius 1 is 0.915 bits per heavy atom. The molecule has 0 N–H and O–H groups in total. The van der Waals surface area contributed by atoms with E-state index in [0.29, 0.717) is 40.1 Å². The fourth-order valence-corrected chi connectivity index (χ4v) is 5.74. The van der Waals surface area contributed by atoms with Crippen LogP contribution in [0, 0.1) is 11.3 Å². The van der Waals surface area contributed by atoms with Crippen molar-refractivity contribution in [1.29, 1.82) is 0 Å². The number of nitrogens with zero attached hydrogens (tertiary/aromatic N) is 3. The minimum atomic E-state index is -2.14. The van der Waals surface area contributed by atoms with Crippen molar-refractivity contribution in [3.63, 3.8) is 0 Å². The summed E-state index contributed by atoms with van der Waals surface area (Å²) in [6.45, 7) is 10.4. The molecular formula is C36H43N3O8. The lowest BCUT2D eigenvalue weighted by Gasteiger charge is -2.34. The molecule has 0 bridgehead atoms. The van der Waals surface area contributed by atoms with E-state index in [2.05, 4.69) is 10.3 Å². The molecule has 11 nitrogen and oxygen atoms in total. The Hall–Kier alpha value is -4.54. The first-order valence-electron chi connectivity index (χ1n) is 16.1. The number of rotatable bonds is 11. The highest BCUT2D eigenvalue weighted by atomic mass is 16.6. The number of fused-ring (bicyclic) bond motifs is 2. The van der Waals surface area contributed by atoms with Crippen molar-refractivity contribution in [1.82, 2.24) is 15.0 Å². The number of aromatic nitrogens is 3. The number of aryl methyl sites for hydroxylation is 1. The fourth-order valence-electron chi connectivity index (χ4n) is 5.74. The van der Waals surface area contributed by atoms with Gasteiger partial charge in [-0.2, -0.15) is 0 Å². The summed E-state index contributed by atoms with van der Waals surface area (Å²) < 4.78 is 24.5. The van der Waals surface area contributed by atoms with Gasteiger partial charge < -0.3 is 18.6 Å². The van der Waals surface area contributed by atoms with Gasteiger partial charge in [-0.15, -0.1) is 5.10 Å². The van der Waals surface area contributed by atoms with Crippen LogP contribution in [-0.4, -0.2) is 50.5 Å². The Bertz CT molecular complexity index is 1810. The van der Waals surface area contributed by atoms with Gasteiger partial charge in [0.25, 0.3) is 5.56 Å². The number of Topliss-reactive ketones (excluding diaryl/α,β-unsaturated/α-hetero) is 1. The van der Waals surface area contributed by atoms with Crippen molar-refractivity contribution in [3.8, 4) is 5.75 Å². The summed E-state index contributed by atoms with van der Waals surface area (Å²) in [5, 5.41) is 9.12. The summed E-state index contributed by atoms with van der Waals surface area (Å²) in [5.74, 6) is -1.34. The first-order valence-corrected chi connectivity index (χ1v) is 16.1. The third-order valence-electron chi connectivity index (χ3n) is 8.14. The van der Waals surface area contributed by atoms with Crippen molar-refractivity contribution < 1.29 is 33.0 Å². The maximum absolute atomic E-state index is 14.0. The molecule has 0 amide bonds. The molecule has 1 fully saturated rings. The summed E-state index contributed by atoms with van der Waals surface area (Å²) in [4.78, 5) is 55.3. The average molecular weight is 646 g/mol. The van der Waals surface area contributed by atoms with Gasteiger partial charge in [0.1, 0.15) is 28.1 Å². The Kier molecular flexibility index (Phi) is 9.56. The minimum Gasteiger partial charge on any atom is -0.493 e. The molecular weight excluding hydrogens is 602 g/mol. The number of hydrogen-bond donors (Lipinski definition) is 0. The summed E-state index contributed by atoms with van der Waals surface area (Å²) in [6, 6.07) is 13.6. The van der Waals surface area contributed by atoms with Crippen LogP contribution in [-0.2, 0) is 25.6 Å². The molecule has 0 saturated heterocycles. The number of ketones is 1. The van der Waals surface area contributed by atoms with E-state index < -0.39 is 46.3 Å². The molecule has 0 atom stereocenters. The highest BCUT2D eigenvalue weighted by molar-refractivity contribution is 6.08. The van der Waals surface area contributed by atoms with E-state index in [4.69, 9.17) is 18.6 Å². The van der Waals surface area contributed by atoms with Crippen molar-refractivity contribution in [2.24, 2.45) is 11.3 Å². The summed E-state index contributed by atoms with van der Waals surface area (Å²) in [7, 11) is 0. The van der Waals surface area contributed by atoms with Crippen LogP contribution in [0.3, 0.4) is 0 Å². The van der Waals surface area contributed by atoms with E-state index >= 15 is 0 Å². The van der Waals surface area contributed by atoms with Gasteiger partial charge in [0.15, 0.2) is 17.0 Å². The van der Waals surface area contributed by atoms with Gasteiger partial charge in [-0.25, -0.2) is 4.68 Å². The summed E-state index contributed by atoms with van der Waals surface area (Å²) in [6.07, 6.45) is 3.81. The van der Waals surface area contributed by atoms with E-state index in [1.807, 2.05) is 6.07 Å². The maximum atomic E-state index is 14.0. The second kappa shape index (κ2) is 13.3. The number of carbonyl (C=O) groups is 3. The monoisotopic (exact) mass is 645 g/mol. The molecule has 1 aliphatic rings. The topological polar surface area (TPSA) is 140 Å². The standard InChI is InChI=1S/C36H43N3O8/c1-34(2,3)46-32(42)36(33(43)47-35(4,5)6,17-18-39-31(41)26-13-9-10-14-27(26)37-38-39)21-28(40)30-20-24-19-25(15-16-29(24)45-30)44-22-23-11-7-8-12-23/h9-10,13-16,19-20,23H,7-8,11-12,17-18,21-22H2,1-6H3. The molecule has 0 aliphatic heterocycles. The van der Waals surface area contributed by atoms with Gasteiger partial charge in [-0.3, -0.25) is 19.2 Å². The molecule has 0 unspecified atom stereocenters. The smallest absolute Gasteiger partial charge is 0.324 e. The Morgan fingerprint density at radius 3 is 2.23 bits per heavy atom. The van der Waals surface area contributed by atoms with Crippen LogP contribution in [0.4, 0.5) is 0 Å². The number of carbonyl (C=O) groups excluding carboxylic acids is 3. The largest absolute Gasteiger partial charge is 0.493 e. The van der Waals surface area contributed by atoms with Crippen molar-refractivity contribution in [2.45, 2.75) is 97.8 Å². The summed E-state index contributed by atoms with van der Waals surface area (Å²) >= 11 is 0. The lowest BCUT2D eigenvalue weighted by Crippen LogP contribution is -2.49. The first-order chi connectivity index (χ1) is 22.1. The molecule has 47 heavy (non-hydrogen) atoms. The second-order valence-electron chi connectivity index (χ2n) is 14.3. The van der Waals surface area contributed by atoms with E-state index in [1.165, 1.54) is 12.8 Å². The molecule has 2 aromatic carbocycles. The lowest BCUT2D eigenvalue weighted by atomic mass is 9.78. The zero-order valence-corrected chi connectivity index (χ0v) is 28.0. The molecule has 11 heteroatoms. The van der Waals surface area contributed by atoms with Crippen molar-refractivity contribution >= 4 is 39.6 Å². The molecule has 0 spiro atoms. The van der Waals surface area contributed by atoms with E-state index in [-0.39, 0.29) is 18.7 Å². The van der Waals surface area contributed by atoms with Crippen LogP contribution >= 0.6 is 0 Å². The van der Waals surface area contributed by atoms with Gasteiger partial charge in [0.05, 0.1) is 12.0 Å². The SMILES string of the molecule is CC(C)(C)OC(=O)C(CCn1nnc2ccccc2c1=O)(CC(=O)c1cc2cc(OCC3CCCC3)ccc2o1)C(=O)OC(C)(C)C. The number of ether oxygens (including phenoxy) is 3. The summed E-state index contributed by atoms with van der Waals surface area (Å²) in [5.41, 5.74) is -3.72. The van der Waals surface area contributed by atoms with Crippen molar-refractivity contribution in [2.75, 3.05) is 6.61 Å². The predicted molar refractivity (Wildman–Crippen MR) is 175 cm³/mol. The molecule has 1 saturated carbocycles. The molecule has 5 rings (SSSR count). The van der Waals surface area contributed by atoms with Crippen LogP contribution < -0.4 is 10.3 Å². The van der Waals surface area contributed by atoms with Crippen LogP contribution in [0.2, 0.25) is 0 Å². The highest BCUT2D eigenvalue weighted by Gasteiger charge is 2.53. The van der Waals surface area contributed by atoms with Gasteiger partial charge in [-0.05, 0) is 103 Å². The van der Waals surface area contributed by atoms with Gasteiger partial charge in [0.2, 0.25) is 0 Å². The highest BCUT2D eigenvalue weighted by Crippen LogP contribution is 2.37. The lowest BCUT2D eigenvalue weighted by molar-refractivity contribution is -0.186. The zero-order valence-electron chi connectivity index (χ0n) is 28.0. The average Bonchev–Trinajstić information content (AvgIpc) is 3.67. The van der Waals surface area contributed by atoms with E-state index in [9.17, 15) is 19.2 Å².